The Balaban J connectivity index is 2.13. The highest BCUT2D eigenvalue weighted by Gasteiger charge is 2.15. The predicted molar refractivity (Wildman–Crippen MR) is 67.9 cm³/mol. The lowest BCUT2D eigenvalue weighted by Gasteiger charge is -2.28. The van der Waals surface area contributed by atoms with Gasteiger partial charge in [0.1, 0.15) is 5.82 Å². The molecule has 18 heavy (non-hydrogen) atoms. The molecule has 0 radical (unpaired) electrons. The molecule has 0 aliphatic carbocycles. The molecule has 1 aliphatic heterocycles. The zero-order chi connectivity index (χ0) is 13.0. The Hall–Kier alpha value is -1.86. The van der Waals surface area contributed by atoms with Crippen LogP contribution in [0.1, 0.15) is 12.0 Å². The fourth-order valence-corrected chi connectivity index (χ4v) is 2.08. The molecule has 0 bridgehead atoms. The third-order valence-corrected chi connectivity index (χ3v) is 3.05. The number of hydrogen-bond acceptors (Lipinski definition) is 3. The fraction of sp³-hybridized carbons (Fsp3) is 0.357. The van der Waals surface area contributed by atoms with Crippen molar-refractivity contribution in [2.75, 3.05) is 31.7 Å². The lowest BCUT2D eigenvalue weighted by Crippen LogP contribution is -2.30. The summed E-state index contributed by atoms with van der Waals surface area (Å²) in [6.07, 6.45) is 2.96. The van der Waals surface area contributed by atoms with Crippen molar-refractivity contribution in [1.29, 1.82) is 5.26 Å². The maximum Gasteiger partial charge on any atom is 0.147 e. The van der Waals surface area contributed by atoms with Crippen LogP contribution in [0.2, 0.25) is 0 Å². The molecule has 0 saturated heterocycles. The van der Waals surface area contributed by atoms with Gasteiger partial charge in [-0.25, -0.2) is 4.39 Å². The molecule has 0 aromatic heterocycles. The average Bonchev–Trinajstić information content (AvgIpc) is 2.40. The zero-order valence-electron chi connectivity index (χ0n) is 10.3. The van der Waals surface area contributed by atoms with Gasteiger partial charge in [0.05, 0.1) is 23.9 Å². The van der Waals surface area contributed by atoms with Crippen LogP contribution in [0.3, 0.4) is 0 Å². The van der Waals surface area contributed by atoms with Crippen molar-refractivity contribution in [2.45, 2.75) is 6.42 Å². The van der Waals surface area contributed by atoms with Gasteiger partial charge in [-0.15, -0.1) is 0 Å². The van der Waals surface area contributed by atoms with Gasteiger partial charge >= 0.3 is 0 Å². The number of benzene rings is 1. The van der Waals surface area contributed by atoms with E-state index in [0.29, 0.717) is 24.4 Å². The molecular weight excluding hydrogens is 231 g/mol. The molecule has 4 heteroatoms. The summed E-state index contributed by atoms with van der Waals surface area (Å²) in [5.41, 5.74) is 2.16. The third-order valence-electron chi connectivity index (χ3n) is 3.05. The van der Waals surface area contributed by atoms with Gasteiger partial charge in [-0.1, -0.05) is 6.08 Å². The van der Waals surface area contributed by atoms with E-state index in [2.05, 4.69) is 6.08 Å². The van der Waals surface area contributed by atoms with Gasteiger partial charge in [-0.2, -0.15) is 5.26 Å². The summed E-state index contributed by atoms with van der Waals surface area (Å²) >= 11 is 0. The monoisotopic (exact) mass is 246 g/mol. The summed E-state index contributed by atoms with van der Waals surface area (Å²) < 4.78 is 18.9. The standard InChI is InChI=1S/C14H15FN2O/c1-18-10-11-4-6-17(7-5-11)14-3-2-12(9-16)8-13(14)15/h2-4,8H,5-7,10H2,1H3. The predicted octanol–water partition coefficient (Wildman–Crippen LogP) is 2.48. The van der Waals surface area contributed by atoms with Gasteiger partial charge in [-0.3, -0.25) is 0 Å². The van der Waals surface area contributed by atoms with Crippen molar-refractivity contribution >= 4 is 5.69 Å². The normalized spacial score (nSPS) is 15.2. The van der Waals surface area contributed by atoms with E-state index in [9.17, 15) is 4.39 Å². The van der Waals surface area contributed by atoms with Crippen LogP contribution in [0.25, 0.3) is 0 Å². The van der Waals surface area contributed by atoms with Crippen molar-refractivity contribution in [3.05, 3.63) is 41.2 Å². The van der Waals surface area contributed by atoms with E-state index in [4.69, 9.17) is 10.00 Å². The van der Waals surface area contributed by atoms with Crippen molar-refractivity contribution < 1.29 is 9.13 Å². The first-order chi connectivity index (χ1) is 8.74. The van der Waals surface area contributed by atoms with Crippen molar-refractivity contribution in [1.82, 2.24) is 0 Å². The van der Waals surface area contributed by atoms with E-state index < -0.39 is 0 Å². The maximum absolute atomic E-state index is 13.8. The summed E-state index contributed by atoms with van der Waals surface area (Å²) in [4.78, 5) is 1.97. The second-order valence-electron chi connectivity index (χ2n) is 4.27. The number of methoxy groups -OCH3 is 1. The van der Waals surface area contributed by atoms with Crippen LogP contribution in [0, 0.1) is 17.1 Å². The number of hydrogen-bond donors (Lipinski definition) is 0. The average molecular weight is 246 g/mol. The molecule has 0 spiro atoms. The van der Waals surface area contributed by atoms with E-state index in [1.165, 1.54) is 11.6 Å². The SMILES string of the molecule is COCC1=CCN(c2ccc(C#N)cc2F)CC1. The Labute approximate surface area is 106 Å². The molecule has 1 aromatic rings. The van der Waals surface area contributed by atoms with Crippen LogP contribution >= 0.6 is 0 Å². The van der Waals surface area contributed by atoms with E-state index >= 15 is 0 Å². The Bertz CT molecular complexity index is 505. The van der Waals surface area contributed by atoms with Gasteiger partial charge in [0.15, 0.2) is 0 Å². The summed E-state index contributed by atoms with van der Waals surface area (Å²) in [6.45, 7) is 2.10. The maximum atomic E-state index is 13.8. The van der Waals surface area contributed by atoms with E-state index in [-0.39, 0.29) is 5.82 Å². The van der Waals surface area contributed by atoms with Gasteiger partial charge in [-0.05, 0) is 30.2 Å². The first-order valence-corrected chi connectivity index (χ1v) is 5.86. The highest BCUT2D eigenvalue weighted by atomic mass is 19.1. The van der Waals surface area contributed by atoms with Crippen molar-refractivity contribution in [3.63, 3.8) is 0 Å². The molecule has 0 unspecified atom stereocenters. The number of ether oxygens (including phenoxy) is 1. The second kappa shape index (κ2) is 5.65. The largest absolute Gasteiger partial charge is 0.380 e. The fourth-order valence-electron chi connectivity index (χ4n) is 2.08. The summed E-state index contributed by atoms with van der Waals surface area (Å²) in [6, 6.07) is 6.53. The second-order valence-corrected chi connectivity index (χ2v) is 4.27. The first kappa shape index (κ1) is 12.6. The Morgan fingerprint density at radius 1 is 1.50 bits per heavy atom. The van der Waals surface area contributed by atoms with Crippen LogP contribution in [0.5, 0.6) is 0 Å². The minimum absolute atomic E-state index is 0.336. The molecular formula is C14H15FN2O. The van der Waals surface area contributed by atoms with Crippen LogP contribution in [0.4, 0.5) is 10.1 Å². The Morgan fingerprint density at radius 3 is 2.89 bits per heavy atom. The van der Waals surface area contributed by atoms with Crippen LogP contribution in [-0.4, -0.2) is 26.8 Å². The van der Waals surface area contributed by atoms with Crippen molar-refractivity contribution in [3.8, 4) is 6.07 Å². The molecule has 1 aliphatic rings. The molecule has 94 valence electrons. The van der Waals surface area contributed by atoms with Crippen molar-refractivity contribution in [2.24, 2.45) is 0 Å². The number of nitrogens with zero attached hydrogens (tertiary/aromatic N) is 2. The quantitative estimate of drug-likeness (QED) is 0.769. The number of rotatable bonds is 3. The summed E-state index contributed by atoms with van der Waals surface area (Å²) in [5, 5.41) is 8.70. The van der Waals surface area contributed by atoms with Gasteiger partial charge in [0.2, 0.25) is 0 Å². The molecule has 0 fully saturated rings. The topological polar surface area (TPSA) is 36.3 Å². The van der Waals surface area contributed by atoms with Crippen LogP contribution < -0.4 is 4.90 Å². The van der Waals surface area contributed by atoms with E-state index in [1.54, 1.807) is 19.2 Å². The minimum Gasteiger partial charge on any atom is -0.380 e. The lowest BCUT2D eigenvalue weighted by atomic mass is 10.1. The summed E-state index contributed by atoms with van der Waals surface area (Å²) in [5.74, 6) is -0.336. The highest BCUT2D eigenvalue weighted by Crippen LogP contribution is 2.23. The molecule has 3 nitrogen and oxygen atoms in total. The molecule has 2 rings (SSSR count). The molecule has 1 aromatic carbocycles. The lowest BCUT2D eigenvalue weighted by molar-refractivity contribution is 0.222. The van der Waals surface area contributed by atoms with E-state index in [1.807, 2.05) is 11.0 Å². The highest BCUT2D eigenvalue weighted by molar-refractivity contribution is 5.52. The smallest absolute Gasteiger partial charge is 0.147 e. The van der Waals surface area contributed by atoms with E-state index in [0.717, 1.165) is 13.0 Å². The van der Waals surface area contributed by atoms with Gasteiger partial charge in [0.25, 0.3) is 0 Å². The van der Waals surface area contributed by atoms with Gasteiger partial charge < -0.3 is 9.64 Å². The van der Waals surface area contributed by atoms with Gasteiger partial charge in [0, 0.05) is 20.2 Å². The first-order valence-electron chi connectivity index (χ1n) is 5.86. The molecule has 0 amide bonds. The molecule has 0 atom stereocenters. The molecule has 1 heterocycles. The Morgan fingerprint density at radius 2 is 2.33 bits per heavy atom. The molecule has 0 saturated carbocycles. The number of halogens is 1. The molecule has 0 N–H and O–H groups in total. The Kier molecular flexibility index (Phi) is 3.96. The van der Waals surface area contributed by atoms with Crippen LogP contribution in [-0.2, 0) is 4.74 Å². The zero-order valence-corrected chi connectivity index (χ0v) is 10.3. The number of nitriles is 1. The summed E-state index contributed by atoms with van der Waals surface area (Å²) in [7, 11) is 1.67. The third kappa shape index (κ3) is 2.69. The van der Waals surface area contributed by atoms with Crippen LogP contribution in [0.15, 0.2) is 29.8 Å². The minimum atomic E-state index is -0.336. The number of anilines is 1.